The number of nitrogens with zero attached hydrogens (tertiary/aromatic N) is 3. The second kappa shape index (κ2) is 6.38. The number of imidazole rings is 1. The lowest BCUT2D eigenvalue weighted by atomic mass is 9.93. The molecular formula is C22H21N3S. The number of benzene rings is 2. The van der Waals surface area contributed by atoms with Gasteiger partial charge in [0.15, 0.2) is 0 Å². The summed E-state index contributed by atoms with van der Waals surface area (Å²) < 4.78 is 2.24. The summed E-state index contributed by atoms with van der Waals surface area (Å²) in [5, 5.41) is 2.24. The van der Waals surface area contributed by atoms with Gasteiger partial charge in [0.2, 0.25) is 0 Å². The third kappa shape index (κ3) is 2.57. The molecule has 4 heteroatoms. The monoisotopic (exact) mass is 359 g/mol. The van der Waals surface area contributed by atoms with Crippen molar-refractivity contribution in [2.24, 2.45) is 7.05 Å². The van der Waals surface area contributed by atoms with E-state index in [0.29, 0.717) is 6.04 Å². The van der Waals surface area contributed by atoms with Gasteiger partial charge in [-0.25, -0.2) is 4.98 Å². The fourth-order valence-corrected chi connectivity index (χ4v) is 4.99. The van der Waals surface area contributed by atoms with Crippen LogP contribution in [0.4, 0.5) is 0 Å². The molecule has 3 heterocycles. The van der Waals surface area contributed by atoms with Gasteiger partial charge in [-0.2, -0.15) is 0 Å². The minimum absolute atomic E-state index is 0.311. The Labute approximate surface area is 157 Å². The largest absolute Gasteiger partial charge is 0.330 e. The molecule has 5 rings (SSSR count). The van der Waals surface area contributed by atoms with Gasteiger partial charge in [0.25, 0.3) is 0 Å². The van der Waals surface area contributed by atoms with E-state index in [1.807, 2.05) is 11.3 Å². The first-order valence-electron chi connectivity index (χ1n) is 9.07. The Balaban J connectivity index is 1.55. The Morgan fingerprint density at radius 3 is 2.69 bits per heavy atom. The molecular weight excluding hydrogens is 338 g/mol. The third-order valence-electron chi connectivity index (χ3n) is 5.41. The highest BCUT2D eigenvalue weighted by Gasteiger charge is 2.30. The van der Waals surface area contributed by atoms with Crippen LogP contribution in [0.2, 0.25) is 0 Å². The first-order valence-corrected chi connectivity index (χ1v) is 9.95. The van der Waals surface area contributed by atoms with Gasteiger partial charge in [0.05, 0.1) is 23.6 Å². The second-order valence-electron chi connectivity index (χ2n) is 6.91. The van der Waals surface area contributed by atoms with E-state index >= 15 is 0 Å². The summed E-state index contributed by atoms with van der Waals surface area (Å²) in [6.07, 6.45) is 1.13. The van der Waals surface area contributed by atoms with E-state index in [1.165, 1.54) is 21.5 Å². The van der Waals surface area contributed by atoms with E-state index in [9.17, 15) is 0 Å². The van der Waals surface area contributed by atoms with E-state index in [1.54, 1.807) is 0 Å². The molecule has 0 radical (unpaired) electrons. The maximum atomic E-state index is 4.90. The predicted octanol–water partition coefficient (Wildman–Crippen LogP) is 4.78. The molecule has 0 saturated heterocycles. The second-order valence-corrected chi connectivity index (χ2v) is 7.91. The van der Waals surface area contributed by atoms with Gasteiger partial charge < -0.3 is 4.57 Å². The lowest BCUT2D eigenvalue weighted by Crippen LogP contribution is -2.35. The molecule has 1 aliphatic rings. The van der Waals surface area contributed by atoms with Crippen molar-refractivity contribution in [2.45, 2.75) is 19.0 Å². The Bertz CT molecular complexity index is 1050. The smallest absolute Gasteiger partial charge is 0.123 e. The topological polar surface area (TPSA) is 21.1 Å². The van der Waals surface area contributed by atoms with E-state index in [2.05, 4.69) is 82.6 Å². The van der Waals surface area contributed by atoms with Crippen molar-refractivity contribution in [1.29, 1.82) is 0 Å². The fraction of sp³-hybridized carbons (Fsp3) is 0.227. The van der Waals surface area contributed by atoms with Crippen molar-refractivity contribution in [3.05, 3.63) is 87.9 Å². The van der Waals surface area contributed by atoms with Gasteiger partial charge in [-0.15, -0.1) is 11.3 Å². The minimum atomic E-state index is 0.311. The van der Waals surface area contributed by atoms with Crippen molar-refractivity contribution in [3.8, 4) is 0 Å². The number of rotatable bonds is 3. The normalized spacial score (nSPS) is 17.5. The van der Waals surface area contributed by atoms with E-state index in [-0.39, 0.29) is 0 Å². The molecule has 1 atom stereocenters. The van der Waals surface area contributed by atoms with E-state index in [0.717, 1.165) is 30.9 Å². The maximum Gasteiger partial charge on any atom is 0.123 e. The number of hydrogen-bond acceptors (Lipinski definition) is 3. The molecule has 1 unspecified atom stereocenters. The first-order chi connectivity index (χ1) is 12.8. The highest BCUT2D eigenvalue weighted by atomic mass is 32.1. The highest BCUT2D eigenvalue weighted by Crippen LogP contribution is 2.38. The molecule has 0 bridgehead atoms. The Morgan fingerprint density at radius 2 is 1.85 bits per heavy atom. The van der Waals surface area contributed by atoms with Crippen LogP contribution in [-0.4, -0.2) is 21.0 Å². The van der Waals surface area contributed by atoms with Crippen molar-refractivity contribution < 1.29 is 0 Å². The molecule has 0 saturated carbocycles. The number of para-hydroxylation sites is 2. The summed E-state index contributed by atoms with van der Waals surface area (Å²) in [5.74, 6) is 1.13. The van der Waals surface area contributed by atoms with Crippen LogP contribution in [0.3, 0.4) is 0 Å². The fourth-order valence-electron chi connectivity index (χ4n) is 4.08. The summed E-state index contributed by atoms with van der Waals surface area (Å²) in [6.45, 7) is 1.93. The van der Waals surface area contributed by atoms with Crippen molar-refractivity contribution in [1.82, 2.24) is 14.5 Å². The molecule has 0 amide bonds. The molecule has 2 aromatic carbocycles. The Hall–Kier alpha value is -2.43. The summed E-state index contributed by atoms with van der Waals surface area (Å²) in [7, 11) is 2.13. The van der Waals surface area contributed by atoms with Gasteiger partial charge in [-0.3, -0.25) is 4.90 Å². The quantitative estimate of drug-likeness (QED) is 0.525. The standard InChI is InChI=1S/C22H21N3S/c1-24-19-10-6-5-9-18(19)23-21(24)15-25-13-11-20-17(12-14-26-20)22(25)16-7-3-2-4-8-16/h2-10,12,14,22H,11,13,15H2,1H3. The van der Waals surface area contributed by atoms with E-state index < -0.39 is 0 Å². The number of aryl methyl sites for hydroxylation is 1. The third-order valence-corrected chi connectivity index (χ3v) is 6.40. The van der Waals surface area contributed by atoms with Crippen LogP contribution in [0, 0.1) is 0 Å². The molecule has 2 aromatic heterocycles. The summed E-state index contributed by atoms with van der Waals surface area (Å²) >= 11 is 1.89. The van der Waals surface area contributed by atoms with Crippen molar-refractivity contribution >= 4 is 22.4 Å². The zero-order chi connectivity index (χ0) is 17.5. The van der Waals surface area contributed by atoms with Crippen molar-refractivity contribution in [2.75, 3.05) is 6.54 Å². The number of fused-ring (bicyclic) bond motifs is 2. The lowest BCUT2D eigenvalue weighted by Gasteiger charge is -2.36. The van der Waals surface area contributed by atoms with Gasteiger partial charge in [-0.1, -0.05) is 42.5 Å². The molecule has 4 aromatic rings. The van der Waals surface area contributed by atoms with Gasteiger partial charge in [-0.05, 0) is 41.1 Å². The summed E-state index contributed by atoms with van der Waals surface area (Å²) in [5.41, 5.74) is 5.11. The number of hydrogen-bond donors (Lipinski definition) is 0. The van der Waals surface area contributed by atoms with Crippen LogP contribution in [0.1, 0.15) is 27.9 Å². The van der Waals surface area contributed by atoms with E-state index in [4.69, 9.17) is 4.98 Å². The average Bonchev–Trinajstić information content (AvgIpc) is 3.28. The molecule has 26 heavy (non-hydrogen) atoms. The number of aromatic nitrogens is 2. The SMILES string of the molecule is Cn1c(CN2CCc3sccc3C2c2ccccc2)nc2ccccc21. The zero-order valence-electron chi connectivity index (χ0n) is 14.8. The Kier molecular flexibility index (Phi) is 3.88. The molecule has 0 aliphatic carbocycles. The van der Waals surface area contributed by atoms with Crippen LogP contribution in [0.5, 0.6) is 0 Å². The van der Waals surface area contributed by atoms with Crippen LogP contribution >= 0.6 is 11.3 Å². The maximum absolute atomic E-state index is 4.90. The molecule has 0 spiro atoms. The van der Waals surface area contributed by atoms with Crippen LogP contribution in [0.15, 0.2) is 66.0 Å². The van der Waals surface area contributed by atoms with Gasteiger partial charge in [0, 0.05) is 18.5 Å². The predicted molar refractivity (Wildman–Crippen MR) is 107 cm³/mol. The molecule has 130 valence electrons. The van der Waals surface area contributed by atoms with Gasteiger partial charge >= 0.3 is 0 Å². The average molecular weight is 359 g/mol. The van der Waals surface area contributed by atoms with Gasteiger partial charge in [0.1, 0.15) is 5.82 Å². The Morgan fingerprint density at radius 1 is 1.04 bits per heavy atom. The molecule has 0 N–H and O–H groups in total. The van der Waals surface area contributed by atoms with Crippen LogP contribution in [0.25, 0.3) is 11.0 Å². The van der Waals surface area contributed by atoms with Crippen LogP contribution < -0.4 is 0 Å². The zero-order valence-corrected chi connectivity index (χ0v) is 15.6. The summed E-state index contributed by atoms with van der Waals surface area (Å²) in [6, 6.07) is 21.9. The minimum Gasteiger partial charge on any atom is -0.330 e. The van der Waals surface area contributed by atoms with Crippen molar-refractivity contribution in [3.63, 3.8) is 0 Å². The summed E-state index contributed by atoms with van der Waals surface area (Å²) in [4.78, 5) is 9.00. The first kappa shape index (κ1) is 15.8. The molecule has 0 fully saturated rings. The molecule has 3 nitrogen and oxygen atoms in total. The van der Waals surface area contributed by atoms with Crippen LogP contribution in [-0.2, 0) is 20.0 Å². The lowest BCUT2D eigenvalue weighted by molar-refractivity contribution is 0.199. The highest BCUT2D eigenvalue weighted by molar-refractivity contribution is 7.10. The number of thiophene rings is 1. The molecule has 1 aliphatic heterocycles.